The molecule has 5 heteroatoms. The summed E-state index contributed by atoms with van der Waals surface area (Å²) in [4.78, 5) is 9.71. The van der Waals surface area contributed by atoms with Gasteiger partial charge in [0.2, 0.25) is 0 Å². The fraction of sp³-hybridized carbons (Fsp3) is 0.304. The number of methoxy groups -OCH3 is 1. The van der Waals surface area contributed by atoms with Crippen LogP contribution in [0.3, 0.4) is 0 Å². The summed E-state index contributed by atoms with van der Waals surface area (Å²) < 4.78 is 5.32. The molecule has 0 atom stereocenters. The second kappa shape index (κ2) is 8.61. The lowest BCUT2D eigenvalue weighted by molar-refractivity contribution is 0.414. The van der Waals surface area contributed by atoms with E-state index in [-0.39, 0.29) is 0 Å². The number of aromatic nitrogens is 2. The van der Waals surface area contributed by atoms with E-state index in [1.807, 2.05) is 36.4 Å². The van der Waals surface area contributed by atoms with Crippen molar-refractivity contribution >= 4 is 17.4 Å². The summed E-state index contributed by atoms with van der Waals surface area (Å²) >= 11 is 6.03. The molecular weight excluding hydrogens is 370 g/mol. The van der Waals surface area contributed by atoms with Gasteiger partial charge < -0.3 is 10.1 Å². The second-order valence-electron chi connectivity index (χ2n) is 7.06. The van der Waals surface area contributed by atoms with E-state index in [4.69, 9.17) is 26.3 Å². The summed E-state index contributed by atoms with van der Waals surface area (Å²) in [7, 11) is 1.70. The normalized spacial score (nSPS) is 13.1. The molecule has 4 rings (SSSR count). The molecule has 0 spiro atoms. The molecule has 1 aliphatic rings. The van der Waals surface area contributed by atoms with Gasteiger partial charge in [-0.15, -0.1) is 0 Å². The number of hydrogen-bond acceptors (Lipinski definition) is 4. The van der Waals surface area contributed by atoms with Gasteiger partial charge in [0, 0.05) is 28.4 Å². The number of rotatable bonds is 6. The molecule has 0 saturated heterocycles. The van der Waals surface area contributed by atoms with E-state index in [1.165, 1.54) is 29.7 Å². The largest absolute Gasteiger partial charge is 0.497 e. The molecule has 1 aromatic heterocycles. The number of ether oxygens (including phenoxy) is 1. The fourth-order valence-electron chi connectivity index (χ4n) is 3.62. The van der Waals surface area contributed by atoms with E-state index in [0.717, 1.165) is 53.8 Å². The number of halogens is 1. The number of aryl methyl sites for hydroxylation is 1. The van der Waals surface area contributed by atoms with Crippen molar-refractivity contribution in [2.75, 3.05) is 19.0 Å². The lowest BCUT2D eigenvalue weighted by Crippen LogP contribution is -2.15. The molecule has 3 aromatic rings. The predicted molar refractivity (Wildman–Crippen MR) is 114 cm³/mol. The van der Waals surface area contributed by atoms with Crippen LogP contribution in [0.25, 0.3) is 11.4 Å². The monoisotopic (exact) mass is 393 g/mol. The van der Waals surface area contributed by atoms with Crippen molar-refractivity contribution in [3.63, 3.8) is 0 Å². The smallest absolute Gasteiger partial charge is 0.161 e. The number of hydrogen-bond donors (Lipinski definition) is 1. The van der Waals surface area contributed by atoms with Crippen LogP contribution >= 0.6 is 11.6 Å². The minimum atomic E-state index is 0.721. The van der Waals surface area contributed by atoms with Gasteiger partial charge in [0.1, 0.15) is 11.6 Å². The average Bonchev–Trinajstić information content (AvgIpc) is 2.74. The highest BCUT2D eigenvalue weighted by Gasteiger charge is 2.18. The molecule has 0 amide bonds. The Balaban J connectivity index is 1.56. The Hall–Kier alpha value is -2.59. The van der Waals surface area contributed by atoms with E-state index in [1.54, 1.807) is 7.11 Å². The van der Waals surface area contributed by atoms with Gasteiger partial charge >= 0.3 is 0 Å². The lowest BCUT2D eigenvalue weighted by atomic mass is 9.96. The summed E-state index contributed by atoms with van der Waals surface area (Å²) in [6.45, 7) is 0.816. The van der Waals surface area contributed by atoms with Crippen molar-refractivity contribution in [2.45, 2.75) is 32.1 Å². The van der Waals surface area contributed by atoms with Crippen LogP contribution in [0.5, 0.6) is 5.75 Å². The first-order valence-electron chi connectivity index (χ1n) is 9.75. The van der Waals surface area contributed by atoms with Gasteiger partial charge in [-0.3, -0.25) is 0 Å². The average molecular weight is 394 g/mol. The molecule has 4 nitrogen and oxygen atoms in total. The van der Waals surface area contributed by atoms with Gasteiger partial charge in [0.15, 0.2) is 5.82 Å². The Kier molecular flexibility index (Phi) is 5.77. The van der Waals surface area contributed by atoms with Crippen molar-refractivity contribution in [1.82, 2.24) is 9.97 Å². The number of nitrogens with zero attached hydrogens (tertiary/aromatic N) is 2. The van der Waals surface area contributed by atoms with E-state index < -0.39 is 0 Å². The van der Waals surface area contributed by atoms with Crippen LogP contribution < -0.4 is 10.1 Å². The molecule has 144 valence electrons. The van der Waals surface area contributed by atoms with Crippen molar-refractivity contribution < 1.29 is 4.74 Å². The van der Waals surface area contributed by atoms with E-state index in [2.05, 4.69) is 17.4 Å². The SMILES string of the molecule is COc1cccc(CCNc2nc(-c3ccc(Cl)cc3)nc3c2CCCC3)c1. The molecule has 0 unspecified atom stereocenters. The Morgan fingerprint density at radius 2 is 1.86 bits per heavy atom. The quantitative estimate of drug-likeness (QED) is 0.614. The summed E-state index contributed by atoms with van der Waals surface area (Å²) in [6.07, 6.45) is 5.35. The third-order valence-corrected chi connectivity index (χ3v) is 5.38. The summed E-state index contributed by atoms with van der Waals surface area (Å²) in [5.41, 5.74) is 4.69. The predicted octanol–water partition coefficient (Wildman–Crippen LogP) is 5.34. The Morgan fingerprint density at radius 3 is 2.68 bits per heavy atom. The standard InChI is InChI=1S/C23H24ClN3O/c1-28-19-6-4-5-16(15-19)13-14-25-23-20-7-2-3-8-21(20)26-22(27-23)17-9-11-18(24)12-10-17/h4-6,9-12,15H,2-3,7-8,13-14H2,1H3,(H,25,26,27). The maximum atomic E-state index is 6.03. The van der Waals surface area contributed by atoms with Crippen molar-refractivity contribution in [1.29, 1.82) is 0 Å². The van der Waals surface area contributed by atoms with Crippen LogP contribution in [0.2, 0.25) is 5.02 Å². The number of benzene rings is 2. The maximum Gasteiger partial charge on any atom is 0.161 e. The molecular formula is C23H24ClN3O. The van der Waals surface area contributed by atoms with Gasteiger partial charge in [-0.2, -0.15) is 0 Å². The van der Waals surface area contributed by atoms with Gasteiger partial charge in [0.05, 0.1) is 7.11 Å². The molecule has 28 heavy (non-hydrogen) atoms. The van der Waals surface area contributed by atoms with E-state index in [9.17, 15) is 0 Å². The fourth-order valence-corrected chi connectivity index (χ4v) is 3.75. The first kappa shape index (κ1) is 18.8. The van der Waals surface area contributed by atoms with Gasteiger partial charge in [0.25, 0.3) is 0 Å². The van der Waals surface area contributed by atoms with Crippen LogP contribution in [0.15, 0.2) is 48.5 Å². The van der Waals surface area contributed by atoms with Crippen LogP contribution in [0.4, 0.5) is 5.82 Å². The van der Waals surface area contributed by atoms with Gasteiger partial charge in [-0.25, -0.2) is 9.97 Å². The van der Waals surface area contributed by atoms with E-state index in [0.29, 0.717) is 0 Å². The Bertz CT molecular complexity index is 957. The first-order chi connectivity index (χ1) is 13.7. The van der Waals surface area contributed by atoms with Gasteiger partial charge in [-0.05, 0) is 74.1 Å². The zero-order chi connectivity index (χ0) is 19.3. The van der Waals surface area contributed by atoms with Crippen LogP contribution in [0.1, 0.15) is 29.7 Å². The molecule has 1 aliphatic carbocycles. The highest BCUT2D eigenvalue weighted by atomic mass is 35.5. The zero-order valence-electron chi connectivity index (χ0n) is 16.0. The van der Waals surface area contributed by atoms with Gasteiger partial charge in [-0.1, -0.05) is 23.7 Å². The minimum Gasteiger partial charge on any atom is -0.497 e. The molecule has 0 fully saturated rings. The number of anilines is 1. The van der Waals surface area contributed by atoms with Crippen molar-refractivity contribution in [3.8, 4) is 17.1 Å². The highest BCUT2D eigenvalue weighted by Crippen LogP contribution is 2.29. The summed E-state index contributed by atoms with van der Waals surface area (Å²) in [5.74, 6) is 2.63. The topological polar surface area (TPSA) is 47.0 Å². The molecule has 1 heterocycles. The highest BCUT2D eigenvalue weighted by molar-refractivity contribution is 6.30. The number of nitrogens with one attached hydrogen (secondary N) is 1. The second-order valence-corrected chi connectivity index (χ2v) is 7.50. The third kappa shape index (κ3) is 4.28. The Labute approximate surface area is 171 Å². The molecule has 0 saturated carbocycles. The molecule has 2 aromatic carbocycles. The van der Waals surface area contributed by atoms with Crippen molar-refractivity contribution in [2.24, 2.45) is 0 Å². The molecule has 0 aliphatic heterocycles. The first-order valence-corrected chi connectivity index (χ1v) is 10.1. The lowest BCUT2D eigenvalue weighted by Gasteiger charge is -2.20. The zero-order valence-corrected chi connectivity index (χ0v) is 16.8. The van der Waals surface area contributed by atoms with Crippen LogP contribution in [0, 0.1) is 0 Å². The van der Waals surface area contributed by atoms with Crippen LogP contribution in [-0.4, -0.2) is 23.6 Å². The van der Waals surface area contributed by atoms with Crippen molar-refractivity contribution in [3.05, 3.63) is 70.4 Å². The number of fused-ring (bicyclic) bond motifs is 1. The Morgan fingerprint density at radius 1 is 1.04 bits per heavy atom. The molecule has 0 radical (unpaired) electrons. The minimum absolute atomic E-state index is 0.721. The summed E-state index contributed by atoms with van der Waals surface area (Å²) in [6, 6.07) is 15.9. The molecule has 1 N–H and O–H groups in total. The van der Waals surface area contributed by atoms with Crippen LogP contribution in [-0.2, 0) is 19.3 Å². The summed E-state index contributed by atoms with van der Waals surface area (Å²) in [5, 5.41) is 4.28. The maximum absolute atomic E-state index is 6.03. The third-order valence-electron chi connectivity index (χ3n) is 5.13. The molecule has 0 bridgehead atoms. The van der Waals surface area contributed by atoms with E-state index >= 15 is 0 Å².